The van der Waals surface area contributed by atoms with Crippen molar-refractivity contribution in [2.24, 2.45) is 11.8 Å². The Morgan fingerprint density at radius 1 is 1.28 bits per heavy atom. The van der Waals surface area contributed by atoms with Crippen LogP contribution in [0, 0.1) is 11.8 Å². The molecule has 6 nitrogen and oxygen atoms in total. The molecule has 1 saturated carbocycles. The van der Waals surface area contributed by atoms with Crippen LogP contribution < -0.4 is 15.4 Å². The normalized spacial score (nSPS) is 18.1. The van der Waals surface area contributed by atoms with Crippen molar-refractivity contribution in [3.8, 4) is 5.75 Å². The molecule has 0 saturated heterocycles. The molecule has 1 aromatic rings. The Bertz CT molecular complexity index is 816. The average Bonchev–Trinajstić information content (AvgIpc) is 2.74. The van der Waals surface area contributed by atoms with Crippen LogP contribution in [0.3, 0.4) is 0 Å². The van der Waals surface area contributed by atoms with Gasteiger partial charge in [-0.25, -0.2) is 13.6 Å². The number of benzene rings is 1. The Morgan fingerprint density at radius 2 is 1.97 bits per heavy atom. The van der Waals surface area contributed by atoms with Gasteiger partial charge in [0.2, 0.25) is 5.92 Å². The first-order valence-electron chi connectivity index (χ1n) is 12.5. The largest absolute Gasteiger partial charge is 0.573 e. The number of nitrogens with zero attached hydrogens (tertiary/aromatic N) is 1. The van der Waals surface area contributed by atoms with E-state index in [4.69, 9.17) is 0 Å². The van der Waals surface area contributed by atoms with Gasteiger partial charge in [-0.1, -0.05) is 25.5 Å². The Hall–Kier alpha value is -2.14. The Balaban J connectivity index is 1.99. The molecule has 36 heavy (non-hydrogen) atoms. The number of rotatable bonds is 14. The second-order valence-corrected chi connectivity index (χ2v) is 9.62. The zero-order chi connectivity index (χ0) is 26.9. The van der Waals surface area contributed by atoms with Gasteiger partial charge < -0.3 is 25.4 Å². The summed E-state index contributed by atoms with van der Waals surface area (Å²) < 4.78 is 68.0. The van der Waals surface area contributed by atoms with Crippen LogP contribution in [0.15, 0.2) is 24.3 Å². The third kappa shape index (κ3) is 10.1. The molecule has 3 atom stereocenters. The van der Waals surface area contributed by atoms with Crippen molar-refractivity contribution >= 4 is 6.03 Å². The molecule has 2 amide bonds. The highest BCUT2D eigenvalue weighted by atomic mass is 19.4. The molecule has 1 fully saturated rings. The van der Waals surface area contributed by atoms with E-state index in [0.717, 1.165) is 6.42 Å². The number of carbonyl (C=O) groups is 1. The van der Waals surface area contributed by atoms with Crippen LogP contribution in [0.25, 0.3) is 0 Å². The van der Waals surface area contributed by atoms with Gasteiger partial charge in [0.15, 0.2) is 0 Å². The smallest absolute Gasteiger partial charge is 0.406 e. The number of halogens is 5. The maximum absolute atomic E-state index is 13.2. The third-order valence-corrected chi connectivity index (χ3v) is 6.47. The fourth-order valence-electron chi connectivity index (χ4n) is 4.75. The summed E-state index contributed by atoms with van der Waals surface area (Å²) in [5.41, 5.74) is 0.490. The number of ether oxygens (including phenoxy) is 1. The van der Waals surface area contributed by atoms with E-state index in [1.54, 1.807) is 18.0 Å². The van der Waals surface area contributed by atoms with E-state index < -0.39 is 18.4 Å². The summed E-state index contributed by atoms with van der Waals surface area (Å²) >= 11 is 0. The number of urea groups is 1. The first-order valence-corrected chi connectivity index (χ1v) is 12.5. The lowest BCUT2D eigenvalue weighted by atomic mass is 9.77. The second-order valence-electron chi connectivity index (χ2n) is 9.62. The molecule has 0 aliphatic heterocycles. The highest BCUT2D eigenvalue weighted by Crippen LogP contribution is 2.44. The molecule has 2 rings (SSSR count). The maximum Gasteiger partial charge on any atom is 0.573 e. The minimum Gasteiger partial charge on any atom is -0.406 e. The summed E-state index contributed by atoms with van der Waals surface area (Å²) in [6.45, 7) is 4.84. The SMILES string of the molecule is CCCC(CN(CC)C(=O)NC(CNC)CC1CC(F)(F)C1)C(O)Cc1cccc(OC(F)(F)F)c1. The topological polar surface area (TPSA) is 73.8 Å². The Kier molecular flexibility index (Phi) is 11.2. The lowest BCUT2D eigenvalue weighted by Gasteiger charge is -2.37. The monoisotopic (exact) mass is 523 g/mol. The number of aliphatic hydroxyl groups is 1. The van der Waals surface area contributed by atoms with Crippen LogP contribution in [0.2, 0.25) is 0 Å². The van der Waals surface area contributed by atoms with Crippen molar-refractivity contribution in [2.75, 3.05) is 26.7 Å². The quantitative estimate of drug-likeness (QED) is 0.302. The van der Waals surface area contributed by atoms with Crippen molar-refractivity contribution < 1.29 is 36.6 Å². The number of alkyl halides is 5. The van der Waals surface area contributed by atoms with Crippen LogP contribution in [0.1, 0.15) is 51.5 Å². The van der Waals surface area contributed by atoms with Gasteiger partial charge in [-0.05, 0) is 56.8 Å². The van der Waals surface area contributed by atoms with Crippen LogP contribution in [0.5, 0.6) is 5.75 Å². The first-order chi connectivity index (χ1) is 16.9. The fourth-order valence-corrected chi connectivity index (χ4v) is 4.75. The number of nitrogens with one attached hydrogen (secondary N) is 2. The summed E-state index contributed by atoms with van der Waals surface area (Å²) in [5, 5.41) is 16.8. The van der Waals surface area contributed by atoms with E-state index in [1.165, 1.54) is 18.2 Å². The average molecular weight is 524 g/mol. The van der Waals surface area contributed by atoms with Crippen molar-refractivity contribution in [1.29, 1.82) is 0 Å². The highest BCUT2D eigenvalue weighted by Gasteiger charge is 2.45. The predicted octanol–water partition coefficient (Wildman–Crippen LogP) is 4.96. The zero-order valence-electron chi connectivity index (χ0n) is 21.1. The van der Waals surface area contributed by atoms with Gasteiger partial charge in [0.05, 0.1) is 6.10 Å². The van der Waals surface area contributed by atoms with Gasteiger partial charge in [0.25, 0.3) is 0 Å². The van der Waals surface area contributed by atoms with E-state index >= 15 is 0 Å². The molecule has 1 aliphatic rings. The van der Waals surface area contributed by atoms with Gasteiger partial charge in [-0.2, -0.15) is 0 Å². The van der Waals surface area contributed by atoms with Crippen LogP contribution in [-0.4, -0.2) is 67.2 Å². The second kappa shape index (κ2) is 13.4. The summed E-state index contributed by atoms with van der Waals surface area (Å²) in [6.07, 6.45) is -4.10. The summed E-state index contributed by atoms with van der Waals surface area (Å²) in [7, 11) is 1.73. The minimum atomic E-state index is -4.80. The van der Waals surface area contributed by atoms with Gasteiger partial charge >= 0.3 is 12.4 Å². The molecule has 11 heteroatoms. The molecule has 0 radical (unpaired) electrons. The highest BCUT2D eigenvalue weighted by molar-refractivity contribution is 5.74. The Labute approximate surface area is 209 Å². The minimum absolute atomic E-state index is 0.108. The predicted molar refractivity (Wildman–Crippen MR) is 127 cm³/mol. The molecule has 0 spiro atoms. The zero-order valence-corrected chi connectivity index (χ0v) is 21.1. The van der Waals surface area contributed by atoms with E-state index in [2.05, 4.69) is 15.4 Å². The standard InChI is InChI=1S/C25H38F5N3O3/c1-4-7-19(22(34)12-17-8-6-9-21(11-17)36-25(28,29)30)16-33(5-2)23(35)32-20(15-31-3)10-18-13-24(26,27)14-18/h6,8-9,11,18-20,22,31,34H,4-5,7,10,12-16H2,1-3H3,(H,32,35). The van der Waals surface area contributed by atoms with E-state index in [-0.39, 0.29) is 55.5 Å². The number of hydrogen-bond acceptors (Lipinski definition) is 4. The van der Waals surface area contributed by atoms with E-state index in [9.17, 15) is 31.9 Å². The molecular formula is C25H38F5N3O3. The van der Waals surface area contributed by atoms with Crippen LogP contribution in [0.4, 0.5) is 26.7 Å². The van der Waals surface area contributed by atoms with Crippen molar-refractivity contribution in [3.05, 3.63) is 29.8 Å². The Morgan fingerprint density at radius 3 is 2.53 bits per heavy atom. The number of hydrogen-bond donors (Lipinski definition) is 3. The van der Waals surface area contributed by atoms with E-state index in [1.807, 2.05) is 13.8 Å². The van der Waals surface area contributed by atoms with Gasteiger partial charge in [0, 0.05) is 44.4 Å². The molecule has 3 N–H and O–H groups in total. The molecule has 0 bridgehead atoms. The van der Waals surface area contributed by atoms with Crippen LogP contribution in [-0.2, 0) is 6.42 Å². The lowest BCUT2D eigenvalue weighted by molar-refractivity contribution is -0.274. The summed E-state index contributed by atoms with van der Waals surface area (Å²) in [5.74, 6) is -3.41. The number of amides is 2. The van der Waals surface area contributed by atoms with Gasteiger partial charge in [-0.3, -0.25) is 0 Å². The molecule has 3 unspecified atom stereocenters. The van der Waals surface area contributed by atoms with Crippen molar-refractivity contribution in [3.63, 3.8) is 0 Å². The third-order valence-electron chi connectivity index (χ3n) is 6.47. The van der Waals surface area contributed by atoms with Crippen LogP contribution >= 0.6 is 0 Å². The molecule has 1 aromatic carbocycles. The van der Waals surface area contributed by atoms with Gasteiger partial charge in [-0.15, -0.1) is 13.2 Å². The maximum atomic E-state index is 13.2. The number of carbonyl (C=O) groups excluding carboxylic acids is 1. The first kappa shape index (κ1) is 30.1. The number of aliphatic hydroxyl groups excluding tert-OH is 1. The molecule has 1 aliphatic carbocycles. The molecule has 0 aromatic heterocycles. The lowest BCUT2D eigenvalue weighted by Crippen LogP contribution is -2.51. The fraction of sp³-hybridized carbons (Fsp3) is 0.720. The van der Waals surface area contributed by atoms with E-state index in [0.29, 0.717) is 31.5 Å². The number of likely N-dealkylation sites (N-methyl/N-ethyl adjacent to an activating group) is 1. The van der Waals surface area contributed by atoms with Crippen molar-refractivity contribution in [1.82, 2.24) is 15.5 Å². The molecule has 206 valence electrons. The molecule has 0 heterocycles. The molecular weight excluding hydrogens is 485 g/mol. The van der Waals surface area contributed by atoms with Gasteiger partial charge in [0.1, 0.15) is 5.75 Å². The van der Waals surface area contributed by atoms with Crippen molar-refractivity contribution in [2.45, 2.75) is 76.8 Å². The summed E-state index contributed by atoms with van der Waals surface area (Å²) in [6, 6.07) is 4.86. The summed E-state index contributed by atoms with van der Waals surface area (Å²) in [4.78, 5) is 14.6.